The van der Waals surface area contributed by atoms with Crippen LogP contribution in [0.4, 0.5) is 0 Å². The van der Waals surface area contributed by atoms with Gasteiger partial charge in [0.25, 0.3) is 0 Å². The zero-order valence-corrected chi connectivity index (χ0v) is 9.76. The van der Waals surface area contributed by atoms with Gasteiger partial charge in [-0.1, -0.05) is 0 Å². The number of carbonyl (C=O) groups excluding carboxylic acids is 2. The van der Waals surface area contributed by atoms with Gasteiger partial charge in [-0.25, -0.2) is 4.79 Å². The van der Waals surface area contributed by atoms with Crippen LogP contribution in [0.15, 0.2) is 0 Å². The number of rotatable bonds is 4. The first-order valence-corrected chi connectivity index (χ1v) is 5.85. The largest absolute Gasteiger partial charge is 0.461 e. The summed E-state index contributed by atoms with van der Waals surface area (Å²) in [7, 11) is 0. The van der Waals surface area contributed by atoms with Gasteiger partial charge in [0.05, 0.1) is 0 Å². The minimum atomic E-state index is -0.619. The molecule has 1 atom stereocenters. The van der Waals surface area contributed by atoms with Gasteiger partial charge in [-0.2, -0.15) is 12.6 Å². The maximum absolute atomic E-state index is 11.6. The van der Waals surface area contributed by atoms with E-state index >= 15 is 0 Å². The Morgan fingerprint density at radius 3 is 2.53 bits per heavy atom. The summed E-state index contributed by atoms with van der Waals surface area (Å²) in [6, 6.07) is -0.619. The highest BCUT2D eigenvalue weighted by Crippen LogP contribution is 2.21. The smallest absolute Gasteiger partial charge is 0.329 e. The third-order valence-corrected chi connectivity index (χ3v) is 2.79. The number of amides is 1. The molecule has 5 heteroatoms. The van der Waals surface area contributed by atoms with Crippen LogP contribution in [0.2, 0.25) is 0 Å². The van der Waals surface area contributed by atoms with Crippen molar-refractivity contribution in [3.63, 3.8) is 0 Å². The quantitative estimate of drug-likeness (QED) is 0.558. The van der Waals surface area contributed by atoms with E-state index in [0.717, 1.165) is 25.7 Å². The molecule has 1 fully saturated rings. The average molecular weight is 231 g/mol. The minimum absolute atomic E-state index is 0.0358. The number of hydrogen-bond donors (Lipinski definition) is 2. The second-order valence-corrected chi connectivity index (χ2v) is 4.14. The first kappa shape index (κ1) is 12.4. The Kier molecular flexibility index (Phi) is 4.94. The molecule has 1 aliphatic carbocycles. The van der Waals surface area contributed by atoms with Gasteiger partial charge in [0.15, 0.2) is 0 Å². The van der Waals surface area contributed by atoms with E-state index in [1.54, 1.807) is 0 Å². The van der Waals surface area contributed by atoms with Crippen molar-refractivity contribution >= 4 is 24.5 Å². The van der Waals surface area contributed by atoms with Crippen LogP contribution in [0.25, 0.3) is 0 Å². The molecule has 0 saturated heterocycles. The topological polar surface area (TPSA) is 55.4 Å². The van der Waals surface area contributed by atoms with Gasteiger partial charge < -0.3 is 10.1 Å². The van der Waals surface area contributed by atoms with Crippen LogP contribution in [0.3, 0.4) is 0 Å². The molecular weight excluding hydrogens is 214 g/mol. The predicted molar refractivity (Wildman–Crippen MR) is 59.8 cm³/mol. The van der Waals surface area contributed by atoms with Crippen molar-refractivity contribution in [3.05, 3.63) is 0 Å². The van der Waals surface area contributed by atoms with E-state index in [-0.39, 0.29) is 23.7 Å². The lowest BCUT2D eigenvalue weighted by Gasteiger charge is -2.17. The summed E-state index contributed by atoms with van der Waals surface area (Å²) >= 11 is 4.01. The summed E-state index contributed by atoms with van der Waals surface area (Å²) in [6.45, 7) is 1.37. The molecule has 0 aromatic heterocycles. The van der Waals surface area contributed by atoms with Gasteiger partial charge in [-0.3, -0.25) is 4.79 Å². The highest BCUT2D eigenvalue weighted by atomic mass is 32.1. The monoisotopic (exact) mass is 231 g/mol. The lowest BCUT2D eigenvalue weighted by molar-refractivity contribution is -0.151. The molecule has 0 bridgehead atoms. The first-order chi connectivity index (χ1) is 7.13. The standard InChI is InChI=1S/C10H17NO3S/c1-7(12)11-9(6-15)10(13)14-8-4-2-3-5-8/h8-9,15H,2-6H2,1H3,(H,11,12). The fourth-order valence-electron chi connectivity index (χ4n) is 1.68. The summed E-state index contributed by atoms with van der Waals surface area (Å²) in [5.41, 5.74) is 0. The molecule has 0 heterocycles. The van der Waals surface area contributed by atoms with Gasteiger partial charge in [0, 0.05) is 12.7 Å². The second-order valence-electron chi connectivity index (χ2n) is 3.78. The normalized spacial score (nSPS) is 18.5. The van der Waals surface area contributed by atoms with Crippen molar-refractivity contribution in [1.29, 1.82) is 0 Å². The van der Waals surface area contributed by atoms with Gasteiger partial charge >= 0.3 is 5.97 Å². The maximum Gasteiger partial charge on any atom is 0.329 e. The molecule has 1 unspecified atom stereocenters. The van der Waals surface area contributed by atoms with E-state index in [1.807, 2.05) is 0 Å². The Labute approximate surface area is 95.2 Å². The molecule has 0 aromatic carbocycles. The first-order valence-electron chi connectivity index (χ1n) is 5.22. The summed E-state index contributed by atoms with van der Waals surface area (Å²) in [4.78, 5) is 22.4. The Morgan fingerprint density at radius 2 is 2.07 bits per heavy atom. The fraction of sp³-hybridized carbons (Fsp3) is 0.800. The van der Waals surface area contributed by atoms with Gasteiger partial charge in [-0.05, 0) is 25.7 Å². The molecule has 0 aliphatic heterocycles. The number of nitrogens with one attached hydrogen (secondary N) is 1. The minimum Gasteiger partial charge on any atom is -0.461 e. The van der Waals surface area contributed by atoms with Crippen molar-refractivity contribution in [3.8, 4) is 0 Å². The third kappa shape index (κ3) is 4.11. The molecule has 0 aromatic rings. The number of ether oxygens (including phenoxy) is 1. The molecule has 0 radical (unpaired) electrons. The fourth-order valence-corrected chi connectivity index (χ4v) is 1.92. The van der Waals surface area contributed by atoms with Crippen molar-refractivity contribution in [2.24, 2.45) is 0 Å². The van der Waals surface area contributed by atoms with Crippen LogP contribution in [0.1, 0.15) is 32.6 Å². The molecule has 0 spiro atoms. The Bertz CT molecular complexity index is 239. The van der Waals surface area contributed by atoms with E-state index < -0.39 is 6.04 Å². The van der Waals surface area contributed by atoms with E-state index in [1.165, 1.54) is 6.92 Å². The molecule has 1 saturated carbocycles. The van der Waals surface area contributed by atoms with Crippen LogP contribution in [0.5, 0.6) is 0 Å². The lowest BCUT2D eigenvalue weighted by Crippen LogP contribution is -2.43. The Morgan fingerprint density at radius 1 is 1.47 bits per heavy atom. The summed E-state index contributed by atoms with van der Waals surface area (Å²) in [5, 5.41) is 2.51. The number of esters is 1. The molecule has 1 aliphatic rings. The zero-order valence-electron chi connectivity index (χ0n) is 8.86. The SMILES string of the molecule is CC(=O)NC(CS)C(=O)OC1CCCC1. The van der Waals surface area contributed by atoms with Crippen molar-refractivity contribution < 1.29 is 14.3 Å². The summed E-state index contributed by atoms with van der Waals surface area (Å²) in [6.07, 6.45) is 4.14. The Hall–Kier alpha value is -0.710. The van der Waals surface area contributed by atoms with Gasteiger partial charge in [0.2, 0.25) is 5.91 Å². The number of carbonyl (C=O) groups is 2. The van der Waals surface area contributed by atoms with Gasteiger partial charge in [0.1, 0.15) is 12.1 Å². The molecule has 86 valence electrons. The van der Waals surface area contributed by atoms with E-state index in [2.05, 4.69) is 17.9 Å². The molecule has 1 rings (SSSR count). The van der Waals surface area contributed by atoms with Crippen LogP contribution in [-0.4, -0.2) is 29.8 Å². The van der Waals surface area contributed by atoms with E-state index in [4.69, 9.17) is 4.74 Å². The average Bonchev–Trinajstić information content (AvgIpc) is 2.66. The third-order valence-electron chi connectivity index (χ3n) is 2.43. The predicted octanol–water partition coefficient (Wildman–Crippen LogP) is 0.907. The zero-order chi connectivity index (χ0) is 11.3. The van der Waals surface area contributed by atoms with Crippen LogP contribution >= 0.6 is 12.6 Å². The van der Waals surface area contributed by atoms with E-state index in [9.17, 15) is 9.59 Å². The van der Waals surface area contributed by atoms with Crippen LogP contribution < -0.4 is 5.32 Å². The van der Waals surface area contributed by atoms with Gasteiger partial charge in [-0.15, -0.1) is 0 Å². The highest BCUT2D eigenvalue weighted by Gasteiger charge is 2.24. The number of hydrogen-bond acceptors (Lipinski definition) is 4. The molecule has 1 amide bonds. The summed E-state index contributed by atoms with van der Waals surface area (Å²) < 4.78 is 5.26. The molecule has 15 heavy (non-hydrogen) atoms. The maximum atomic E-state index is 11.6. The lowest BCUT2D eigenvalue weighted by atomic mass is 10.3. The molecule has 1 N–H and O–H groups in total. The van der Waals surface area contributed by atoms with Crippen LogP contribution in [-0.2, 0) is 14.3 Å². The van der Waals surface area contributed by atoms with E-state index in [0.29, 0.717) is 0 Å². The highest BCUT2D eigenvalue weighted by molar-refractivity contribution is 7.80. The molecular formula is C10H17NO3S. The Balaban J connectivity index is 2.38. The van der Waals surface area contributed by atoms with Crippen molar-refractivity contribution in [2.75, 3.05) is 5.75 Å². The molecule has 4 nitrogen and oxygen atoms in total. The van der Waals surface area contributed by atoms with Crippen LogP contribution in [0, 0.1) is 0 Å². The summed E-state index contributed by atoms with van der Waals surface area (Å²) in [5.74, 6) is -0.338. The second kappa shape index (κ2) is 6.00. The van der Waals surface area contributed by atoms with Crippen molar-refractivity contribution in [2.45, 2.75) is 44.8 Å². The number of thiol groups is 1. The van der Waals surface area contributed by atoms with Crippen molar-refractivity contribution in [1.82, 2.24) is 5.32 Å².